The maximum absolute atomic E-state index is 6.14. The second-order valence-electron chi connectivity index (χ2n) is 5.05. The number of fused-ring (bicyclic) bond motifs is 1. The molecule has 0 fully saturated rings. The average molecular weight is 374 g/mol. The first-order valence-electron chi connectivity index (χ1n) is 7.14. The third-order valence-electron chi connectivity index (χ3n) is 3.41. The van der Waals surface area contributed by atoms with Gasteiger partial charge in [0.05, 0.1) is 16.0 Å². The van der Waals surface area contributed by atoms with Crippen molar-refractivity contribution in [3.05, 3.63) is 58.6 Å². The summed E-state index contributed by atoms with van der Waals surface area (Å²) in [4.78, 5) is 4.62. The molecule has 2 aromatic heterocycles. The lowest BCUT2D eigenvalue weighted by Crippen LogP contribution is -2.11. The van der Waals surface area contributed by atoms with Crippen molar-refractivity contribution in [1.82, 2.24) is 19.9 Å². The van der Waals surface area contributed by atoms with Gasteiger partial charge in [0.15, 0.2) is 5.82 Å². The van der Waals surface area contributed by atoms with Crippen molar-refractivity contribution in [2.45, 2.75) is 10.9 Å². The van der Waals surface area contributed by atoms with Gasteiger partial charge in [0.1, 0.15) is 5.01 Å². The molecule has 2 N–H and O–H groups in total. The number of rotatable bonds is 4. The van der Waals surface area contributed by atoms with E-state index in [9.17, 15) is 0 Å². The van der Waals surface area contributed by atoms with Crippen LogP contribution < -0.4 is 5.84 Å². The van der Waals surface area contributed by atoms with E-state index in [2.05, 4.69) is 21.2 Å². The first kappa shape index (κ1) is 15.4. The van der Waals surface area contributed by atoms with Gasteiger partial charge >= 0.3 is 0 Å². The van der Waals surface area contributed by atoms with E-state index in [1.165, 1.54) is 21.1 Å². The standard InChI is InChI=1S/C16H12ClN5S2/c17-11-5-3-4-10(8-11)15-20-21-16(22(15)18)23-9-14-19-12-6-1-2-7-13(12)24-14/h1-8H,9,18H2. The Morgan fingerprint density at radius 2 is 2.00 bits per heavy atom. The van der Waals surface area contributed by atoms with Gasteiger partial charge in [0.2, 0.25) is 5.16 Å². The van der Waals surface area contributed by atoms with Gasteiger partial charge in [-0.05, 0) is 24.3 Å². The summed E-state index contributed by atoms with van der Waals surface area (Å²) in [5.41, 5.74) is 1.86. The Kier molecular flexibility index (Phi) is 4.13. The fraction of sp³-hybridized carbons (Fsp3) is 0.0625. The molecule has 0 atom stereocenters. The maximum atomic E-state index is 6.14. The van der Waals surface area contributed by atoms with E-state index in [0.717, 1.165) is 16.1 Å². The Morgan fingerprint density at radius 1 is 1.12 bits per heavy atom. The molecule has 0 aliphatic rings. The first-order chi connectivity index (χ1) is 11.7. The van der Waals surface area contributed by atoms with E-state index in [0.29, 0.717) is 21.8 Å². The lowest BCUT2D eigenvalue weighted by atomic mass is 10.2. The molecular formula is C16H12ClN5S2. The molecule has 0 aliphatic heterocycles. The highest BCUT2D eigenvalue weighted by Crippen LogP contribution is 2.29. The smallest absolute Gasteiger partial charge is 0.210 e. The number of para-hydroxylation sites is 1. The number of aromatic nitrogens is 4. The molecule has 0 radical (unpaired) electrons. The van der Waals surface area contributed by atoms with E-state index in [1.807, 2.05) is 42.5 Å². The highest BCUT2D eigenvalue weighted by Gasteiger charge is 2.13. The Balaban J connectivity index is 1.55. The van der Waals surface area contributed by atoms with Crippen molar-refractivity contribution >= 4 is 44.9 Å². The highest BCUT2D eigenvalue weighted by molar-refractivity contribution is 7.98. The van der Waals surface area contributed by atoms with Crippen LogP contribution >= 0.6 is 34.7 Å². The quantitative estimate of drug-likeness (QED) is 0.428. The van der Waals surface area contributed by atoms with Gasteiger partial charge in [-0.25, -0.2) is 9.66 Å². The molecule has 5 nitrogen and oxygen atoms in total. The molecule has 4 aromatic rings. The number of thioether (sulfide) groups is 1. The highest BCUT2D eigenvalue weighted by atomic mass is 35.5. The van der Waals surface area contributed by atoms with Crippen LogP contribution in [0, 0.1) is 0 Å². The number of nitrogens with two attached hydrogens (primary N) is 1. The van der Waals surface area contributed by atoms with E-state index in [-0.39, 0.29) is 0 Å². The van der Waals surface area contributed by atoms with Crippen molar-refractivity contribution < 1.29 is 0 Å². The van der Waals surface area contributed by atoms with E-state index >= 15 is 0 Å². The minimum atomic E-state index is 0.587. The lowest BCUT2D eigenvalue weighted by molar-refractivity contribution is 0.849. The van der Waals surface area contributed by atoms with E-state index in [1.54, 1.807) is 11.3 Å². The van der Waals surface area contributed by atoms with Crippen LogP contribution in [-0.4, -0.2) is 19.9 Å². The predicted molar refractivity (Wildman–Crippen MR) is 99.8 cm³/mol. The summed E-state index contributed by atoms with van der Waals surface area (Å²) in [5, 5.41) is 10.7. The minimum absolute atomic E-state index is 0.587. The fourth-order valence-corrected chi connectivity index (χ4v) is 4.31. The molecule has 0 bridgehead atoms. The summed E-state index contributed by atoms with van der Waals surface area (Å²) in [6, 6.07) is 15.5. The van der Waals surface area contributed by atoms with Crippen LogP contribution in [0.5, 0.6) is 0 Å². The number of hydrogen-bond donors (Lipinski definition) is 1. The van der Waals surface area contributed by atoms with Crippen molar-refractivity contribution in [2.24, 2.45) is 0 Å². The summed E-state index contributed by atoms with van der Waals surface area (Å²) in [6.07, 6.45) is 0. The number of nitrogen functional groups attached to an aromatic ring is 1. The largest absolute Gasteiger partial charge is 0.335 e. The molecule has 0 aliphatic carbocycles. The van der Waals surface area contributed by atoms with Gasteiger partial charge in [0.25, 0.3) is 0 Å². The Morgan fingerprint density at radius 3 is 2.83 bits per heavy atom. The van der Waals surface area contributed by atoms with Crippen LogP contribution in [0.1, 0.15) is 5.01 Å². The van der Waals surface area contributed by atoms with Gasteiger partial charge < -0.3 is 5.84 Å². The molecule has 0 saturated carbocycles. The normalized spacial score (nSPS) is 11.2. The molecular weight excluding hydrogens is 362 g/mol. The monoisotopic (exact) mass is 373 g/mol. The van der Waals surface area contributed by atoms with Crippen LogP contribution in [0.2, 0.25) is 5.02 Å². The predicted octanol–water partition coefficient (Wildman–Crippen LogP) is 4.21. The van der Waals surface area contributed by atoms with Gasteiger partial charge in [-0.1, -0.05) is 47.6 Å². The number of nitrogens with zero attached hydrogens (tertiary/aromatic N) is 4. The molecule has 0 spiro atoms. The van der Waals surface area contributed by atoms with Crippen LogP contribution in [0.4, 0.5) is 0 Å². The summed E-state index contributed by atoms with van der Waals surface area (Å²) < 4.78 is 2.67. The SMILES string of the molecule is Nn1c(SCc2nc3ccccc3s2)nnc1-c1cccc(Cl)c1. The molecule has 2 heterocycles. The summed E-state index contributed by atoms with van der Waals surface area (Å²) in [5.74, 6) is 7.42. The number of halogens is 1. The lowest BCUT2D eigenvalue weighted by Gasteiger charge is -2.03. The Bertz CT molecular complexity index is 978. The molecule has 24 heavy (non-hydrogen) atoms. The topological polar surface area (TPSA) is 69.6 Å². The zero-order valence-electron chi connectivity index (χ0n) is 12.4. The van der Waals surface area contributed by atoms with Gasteiger partial charge in [-0.15, -0.1) is 21.5 Å². The second kappa shape index (κ2) is 6.43. The molecule has 0 saturated heterocycles. The fourth-order valence-electron chi connectivity index (χ4n) is 2.31. The maximum Gasteiger partial charge on any atom is 0.210 e. The van der Waals surface area contributed by atoms with Gasteiger partial charge in [-0.2, -0.15) is 0 Å². The Labute approximate surface area is 151 Å². The van der Waals surface area contributed by atoms with Crippen molar-refractivity contribution in [2.75, 3.05) is 5.84 Å². The van der Waals surface area contributed by atoms with Crippen molar-refractivity contribution in [1.29, 1.82) is 0 Å². The van der Waals surface area contributed by atoms with Gasteiger partial charge in [-0.3, -0.25) is 0 Å². The molecule has 120 valence electrons. The molecule has 4 rings (SSSR count). The third-order valence-corrected chi connectivity index (χ3v) is 5.82. The zero-order valence-corrected chi connectivity index (χ0v) is 14.8. The van der Waals surface area contributed by atoms with Crippen molar-refractivity contribution in [3.63, 3.8) is 0 Å². The van der Waals surface area contributed by atoms with Crippen LogP contribution in [0.25, 0.3) is 21.6 Å². The average Bonchev–Trinajstić information content (AvgIpc) is 3.16. The summed E-state index contributed by atoms with van der Waals surface area (Å²) >= 11 is 9.22. The summed E-state index contributed by atoms with van der Waals surface area (Å²) in [6.45, 7) is 0. The molecule has 0 unspecified atom stereocenters. The van der Waals surface area contributed by atoms with Crippen LogP contribution in [0.3, 0.4) is 0 Å². The van der Waals surface area contributed by atoms with Gasteiger partial charge in [0, 0.05) is 10.6 Å². The summed E-state index contributed by atoms with van der Waals surface area (Å²) in [7, 11) is 0. The Hall–Kier alpha value is -2.09. The van der Waals surface area contributed by atoms with E-state index in [4.69, 9.17) is 17.4 Å². The first-order valence-corrected chi connectivity index (χ1v) is 9.32. The third kappa shape index (κ3) is 2.98. The van der Waals surface area contributed by atoms with Crippen molar-refractivity contribution in [3.8, 4) is 11.4 Å². The molecule has 8 heteroatoms. The number of benzene rings is 2. The minimum Gasteiger partial charge on any atom is -0.335 e. The number of thiazole rings is 1. The molecule has 2 aromatic carbocycles. The molecule has 0 amide bonds. The number of hydrogen-bond acceptors (Lipinski definition) is 6. The second-order valence-corrected chi connectivity index (χ2v) is 7.54. The van der Waals surface area contributed by atoms with Crippen LogP contribution in [-0.2, 0) is 5.75 Å². The van der Waals surface area contributed by atoms with E-state index < -0.39 is 0 Å². The van der Waals surface area contributed by atoms with Crippen LogP contribution in [0.15, 0.2) is 53.7 Å². The zero-order chi connectivity index (χ0) is 16.5.